The summed E-state index contributed by atoms with van der Waals surface area (Å²) in [5, 5.41) is 9.75. The lowest BCUT2D eigenvalue weighted by Crippen LogP contribution is -2.43. The Balaban J connectivity index is 1.41. The molecule has 132 valence electrons. The van der Waals surface area contributed by atoms with Crippen LogP contribution in [0.4, 0.5) is 0 Å². The van der Waals surface area contributed by atoms with Crippen LogP contribution >= 0.6 is 0 Å². The van der Waals surface area contributed by atoms with Gasteiger partial charge in [-0.1, -0.05) is 30.3 Å². The van der Waals surface area contributed by atoms with Gasteiger partial charge in [0.15, 0.2) is 6.10 Å². The number of hydrogen-bond acceptors (Lipinski definition) is 6. The second-order valence-corrected chi connectivity index (χ2v) is 6.45. The predicted molar refractivity (Wildman–Crippen MR) is 87.1 cm³/mol. The van der Waals surface area contributed by atoms with Gasteiger partial charge >= 0.3 is 0 Å². The molecular formula is C17H24N2O5. The number of ether oxygens (including phenoxy) is 2. The molecule has 2 aliphatic heterocycles. The third kappa shape index (κ3) is 4.03. The maximum absolute atomic E-state index is 10.5. The van der Waals surface area contributed by atoms with Gasteiger partial charge in [0.25, 0.3) is 5.09 Å². The van der Waals surface area contributed by atoms with Crippen molar-refractivity contribution < 1.29 is 19.4 Å². The number of likely N-dealkylation sites (N-methyl/N-ethyl adjacent to an activating group) is 1. The molecule has 0 spiro atoms. The molecule has 7 nitrogen and oxygen atoms in total. The van der Waals surface area contributed by atoms with Crippen LogP contribution in [-0.2, 0) is 20.7 Å². The van der Waals surface area contributed by atoms with Gasteiger partial charge < -0.3 is 14.3 Å². The van der Waals surface area contributed by atoms with Crippen molar-refractivity contribution in [3.8, 4) is 0 Å². The van der Waals surface area contributed by atoms with Crippen molar-refractivity contribution in [3.05, 3.63) is 46.0 Å². The van der Waals surface area contributed by atoms with Crippen LogP contribution in [0.2, 0.25) is 0 Å². The van der Waals surface area contributed by atoms with Crippen LogP contribution in [0, 0.1) is 10.1 Å². The van der Waals surface area contributed by atoms with E-state index in [0.29, 0.717) is 6.61 Å². The lowest BCUT2D eigenvalue weighted by atomic mass is 10.1. The summed E-state index contributed by atoms with van der Waals surface area (Å²) >= 11 is 0. The van der Waals surface area contributed by atoms with Crippen molar-refractivity contribution >= 4 is 0 Å². The Labute approximate surface area is 141 Å². The van der Waals surface area contributed by atoms with Gasteiger partial charge in [-0.25, -0.2) is 0 Å². The SMILES string of the molecule is CN(CCCCc1ccccc1)[C@H]1CO[C@H]2[C@@H]1OC[C@@H]2O[N+](=O)[O-]. The van der Waals surface area contributed by atoms with E-state index in [1.807, 2.05) is 6.07 Å². The smallest absolute Gasteiger partial charge is 0.294 e. The fraction of sp³-hybridized carbons (Fsp3) is 0.647. The Hall–Kier alpha value is -1.70. The summed E-state index contributed by atoms with van der Waals surface area (Å²) in [6.45, 7) is 1.70. The minimum absolute atomic E-state index is 0.132. The maximum atomic E-state index is 10.5. The molecule has 0 N–H and O–H groups in total. The lowest BCUT2D eigenvalue weighted by molar-refractivity contribution is -0.769. The first-order valence-corrected chi connectivity index (χ1v) is 8.43. The van der Waals surface area contributed by atoms with Gasteiger partial charge in [0.1, 0.15) is 12.2 Å². The van der Waals surface area contributed by atoms with E-state index in [4.69, 9.17) is 9.47 Å². The zero-order valence-corrected chi connectivity index (χ0v) is 13.9. The minimum atomic E-state index is -0.764. The standard InChI is InChI=1S/C17H24N2O5/c1-18(10-6-5-9-13-7-3-2-4-8-13)14-11-22-17-15(24-19(20)21)12-23-16(14)17/h2-4,7-8,14-17H,5-6,9-12H2,1H3/t14-,15-,16+,17+/m0/s1. The van der Waals surface area contributed by atoms with Gasteiger partial charge in [-0.2, -0.15) is 0 Å². The van der Waals surface area contributed by atoms with Crippen molar-refractivity contribution in [2.45, 2.75) is 43.6 Å². The van der Waals surface area contributed by atoms with Crippen molar-refractivity contribution in [3.63, 3.8) is 0 Å². The maximum Gasteiger partial charge on any atom is 0.294 e. The summed E-state index contributed by atoms with van der Waals surface area (Å²) in [5.41, 5.74) is 1.36. The highest BCUT2D eigenvalue weighted by Crippen LogP contribution is 2.31. The molecule has 2 fully saturated rings. The first-order chi connectivity index (χ1) is 11.6. The van der Waals surface area contributed by atoms with Gasteiger partial charge in [-0.15, -0.1) is 10.1 Å². The van der Waals surface area contributed by atoms with Crippen LogP contribution < -0.4 is 0 Å². The van der Waals surface area contributed by atoms with E-state index < -0.39 is 11.2 Å². The highest BCUT2D eigenvalue weighted by molar-refractivity contribution is 5.14. The molecule has 4 atom stereocenters. The summed E-state index contributed by atoms with van der Waals surface area (Å²) in [4.78, 5) is 17.4. The van der Waals surface area contributed by atoms with E-state index in [2.05, 4.69) is 41.1 Å². The molecule has 0 bridgehead atoms. The Bertz CT molecular complexity index is 541. The topological polar surface area (TPSA) is 74.1 Å². The summed E-state index contributed by atoms with van der Waals surface area (Å²) in [6, 6.07) is 10.6. The average molecular weight is 336 g/mol. The van der Waals surface area contributed by atoms with Crippen LogP contribution in [0.15, 0.2) is 30.3 Å². The van der Waals surface area contributed by atoms with Crippen molar-refractivity contribution in [1.29, 1.82) is 0 Å². The highest BCUT2D eigenvalue weighted by atomic mass is 17.0. The second kappa shape index (κ2) is 7.92. The molecule has 0 aliphatic carbocycles. The molecule has 2 saturated heterocycles. The molecule has 0 unspecified atom stereocenters. The van der Waals surface area contributed by atoms with E-state index in [0.717, 1.165) is 25.8 Å². The Morgan fingerprint density at radius 3 is 2.71 bits per heavy atom. The largest absolute Gasteiger partial charge is 0.371 e. The van der Waals surface area contributed by atoms with E-state index in [1.165, 1.54) is 5.56 Å². The number of aryl methyl sites for hydroxylation is 1. The third-order valence-corrected chi connectivity index (χ3v) is 4.84. The molecule has 2 aliphatic rings. The molecule has 0 saturated carbocycles. The Morgan fingerprint density at radius 1 is 1.21 bits per heavy atom. The fourth-order valence-corrected chi connectivity index (χ4v) is 3.52. The van der Waals surface area contributed by atoms with E-state index in [1.54, 1.807) is 0 Å². The first kappa shape index (κ1) is 17.1. The van der Waals surface area contributed by atoms with Crippen LogP contribution in [-0.4, -0.2) is 61.1 Å². The zero-order valence-electron chi connectivity index (χ0n) is 13.9. The number of unbranched alkanes of at least 4 members (excludes halogenated alkanes) is 1. The van der Waals surface area contributed by atoms with Crippen molar-refractivity contribution in [2.24, 2.45) is 0 Å². The summed E-state index contributed by atoms with van der Waals surface area (Å²) in [5.74, 6) is 0. The van der Waals surface area contributed by atoms with E-state index in [9.17, 15) is 10.1 Å². The van der Waals surface area contributed by atoms with Gasteiger partial charge in [-0.3, -0.25) is 4.90 Å². The summed E-state index contributed by atoms with van der Waals surface area (Å²) in [7, 11) is 2.06. The molecule has 0 amide bonds. The van der Waals surface area contributed by atoms with Crippen molar-refractivity contribution in [1.82, 2.24) is 4.90 Å². The van der Waals surface area contributed by atoms with E-state index >= 15 is 0 Å². The summed E-state index contributed by atoms with van der Waals surface area (Å²) in [6.07, 6.45) is 2.21. The van der Waals surface area contributed by atoms with E-state index in [-0.39, 0.29) is 24.9 Å². The quantitative estimate of drug-likeness (QED) is 0.408. The second-order valence-electron chi connectivity index (χ2n) is 6.45. The molecule has 2 heterocycles. The normalized spacial score (nSPS) is 28.9. The highest BCUT2D eigenvalue weighted by Gasteiger charge is 2.50. The van der Waals surface area contributed by atoms with Crippen LogP contribution in [0.25, 0.3) is 0 Å². The number of fused-ring (bicyclic) bond motifs is 1. The average Bonchev–Trinajstić information content (AvgIpc) is 3.15. The van der Waals surface area contributed by atoms with Crippen LogP contribution in [0.3, 0.4) is 0 Å². The molecule has 0 aromatic heterocycles. The lowest BCUT2D eigenvalue weighted by Gasteiger charge is -2.27. The van der Waals surface area contributed by atoms with Crippen LogP contribution in [0.1, 0.15) is 18.4 Å². The van der Waals surface area contributed by atoms with Crippen molar-refractivity contribution in [2.75, 3.05) is 26.8 Å². The molecule has 24 heavy (non-hydrogen) atoms. The van der Waals surface area contributed by atoms with Gasteiger partial charge in [0.05, 0.1) is 19.3 Å². The van der Waals surface area contributed by atoms with Gasteiger partial charge in [0.2, 0.25) is 0 Å². The molecule has 0 radical (unpaired) electrons. The minimum Gasteiger partial charge on any atom is -0.371 e. The molecular weight excluding hydrogens is 312 g/mol. The Morgan fingerprint density at radius 2 is 1.96 bits per heavy atom. The molecule has 1 aromatic carbocycles. The Kier molecular flexibility index (Phi) is 5.65. The predicted octanol–water partition coefficient (Wildman–Crippen LogP) is 1.68. The number of rotatable bonds is 8. The number of benzene rings is 1. The molecule has 7 heteroatoms. The molecule has 1 aromatic rings. The van der Waals surface area contributed by atoms with Gasteiger partial charge in [-0.05, 0) is 38.4 Å². The third-order valence-electron chi connectivity index (χ3n) is 4.84. The van der Waals surface area contributed by atoms with Crippen LogP contribution in [0.5, 0.6) is 0 Å². The monoisotopic (exact) mass is 336 g/mol. The first-order valence-electron chi connectivity index (χ1n) is 8.43. The number of nitrogens with zero attached hydrogens (tertiary/aromatic N) is 2. The fourth-order valence-electron chi connectivity index (χ4n) is 3.52. The van der Waals surface area contributed by atoms with Gasteiger partial charge in [0, 0.05) is 0 Å². The summed E-state index contributed by atoms with van der Waals surface area (Å²) < 4.78 is 11.4. The number of hydrogen-bond donors (Lipinski definition) is 0. The molecule has 3 rings (SSSR count). The zero-order chi connectivity index (χ0) is 16.9.